The lowest BCUT2D eigenvalue weighted by molar-refractivity contribution is -0.302. The molecule has 0 aliphatic heterocycles. The molecule has 0 heterocycles. The molecule has 0 radical (unpaired) electrons. The zero-order chi connectivity index (χ0) is 31.7. The highest BCUT2D eigenvalue weighted by atomic mass is 16.7. The fraction of sp³-hybridized carbons (Fsp3) is 0.846. The molecule has 0 aromatic rings. The largest absolute Gasteiger partial charge is 0.377 e. The molecule has 0 aromatic heterocycles. The van der Waals surface area contributed by atoms with E-state index in [9.17, 15) is 0 Å². The van der Waals surface area contributed by atoms with Crippen LogP contribution in [0.15, 0.2) is 35.5 Å². The van der Waals surface area contributed by atoms with E-state index in [0.717, 1.165) is 12.3 Å². The van der Waals surface area contributed by atoms with Gasteiger partial charge in [0.25, 0.3) is 0 Å². The first-order chi connectivity index (χ1) is 19.2. The van der Waals surface area contributed by atoms with Gasteiger partial charge in [-0.2, -0.15) is 0 Å². The number of ether oxygens (including phenoxy) is 3. The summed E-state index contributed by atoms with van der Waals surface area (Å²) in [6.45, 7) is 29.5. The lowest BCUT2D eigenvalue weighted by atomic mass is 9.44. The molecular weight excluding hydrogens is 516 g/mol. The van der Waals surface area contributed by atoms with Crippen molar-refractivity contribution in [2.75, 3.05) is 21.3 Å². The summed E-state index contributed by atoms with van der Waals surface area (Å²) in [5.74, 6) is 2.12. The average molecular weight is 583 g/mol. The Morgan fingerprint density at radius 3 is 2.00 bits per heavy atom. The molecule has 4 aliphatic carbocycles. The van der Waals surface area contributed by atoms with Crippen molar-refractivity contribution in [2.24, 2.45) is 56.2 Å². The topological polar surface area (TPSA) is 27.7 Å². The first kappa shape index (κ1) is 34.0. The predicted molar refractivity (Wildman–Crippen MR) is 177 cm³/mol. The predicted octanol–water partition coefficient (Wildman–Crippen LogP) is 10.4. The van der Waals surface area contributed by atoms with Crippen LogP contribution in [-0.2, 0) is 14.2 Å². The van der Waals surface area contributed by atoms with E-state index in [1.807, 2.05) is 7.11 Å². The quantitative estimate of drug-likeness (QED) is 0.189. The molecule has 0 saturated heterocycles. The summed E-state index contributed by atoms with van der Waals surface area (Å²) in [5, 5.41) is 0. The minimum absolute atomic E-state index is 0.0295. The smallest absolute Gasteiger partial charge is 0.170 e. The molecule has 5 unspecified atom stereocenters. The van der Waals surface area contributed by atoms with E-state index in [0.29, 0.717) is 23.2 Å². The van der Waals surface area contributed by atoms with Crippen molar-refractivity contribution in [1.82, 2.24) is 0 Å². The van der Waals surface area contributed by atoms with Gasteiger partial charge in [0, 0.05) is 32.2 Å². The summed E-state index contributed by atoms with van der Waals surface area (Å²) >= 11 is 0. The molecule has 0 N–H and O–H groups in total. The summed E-state index contributed by atoms with van der Waals surface area (Å²) in [7, 11) is 5.41. The second-order valence-corrected chi connectivity index (χ2v) is 17.6. The maximum absolute atomic E-state index is 6.03. The third-order valence-corrected chi connectivity index (χ3v) is 15.7. The highest BCUT2D eigenvalue weighted by Gasteiger charge is 2.62. The van der Waals surface area contributed by atoms with E-state index in [-0.39, 0.29) is 33.2 Å². The SMILES string of the molecule is COC1C=C[C@@]2(C)C(=CC=C3C4CCC(C(C)CC(C)(C)C(C)(C)C(C)(C)C(C)(C)C(C)(OC)OC)[C@@]4(C)CCC32)C1. The average Bonchev–Trinajstić information content (AvgIpc) is 3.28. The molecule has 42 heavy (non-hydrogen) atoms. The molecule has 240 valence electrons. The van der Waals surface area contributed by atoms with Gasteiger partial charge in [0.1, 0.15) is 0 Å². The zero-order valence-corrected chi connectivity index (χ0v) is 30.2. The second-order valence-electron chi connectivity index (χ2n) is 17.6. The lowest BCUT2D eigenvalue weighted by Crippen LogP contribution is -2.61. The van der Waals surface area contributed by atoms with Gasteiger partial charge in [-0.3, -0.25) is 0 Å². The van der Waals surface area contributed by atoms with Crippen LogP contribution in [0.1, 0.15) is 122 Å². The standard InChI is InChI=1S/C39H66O3/c1-26(25-33(2,3)34(4,5)35(6,7)36(8,9)39(12,41-14)42-15)30-18-19-31-29-17-16-27-24-28(40-13)20-22-37(27,10)32(29)21-23-38(30,31)11/h16-17,20,22,26,28,30-32H,18-19,21,23-25H2,1-15H3/t26?,28?,30?,31?,32?,37-,38+/m0/s1. The van der Waals surface area contributed by atoms with Gasteiger partial charge >= 0.3 is 0 Å². The molecule has 2 fully saturated rings. The summed E-state index contributed by atoms with van der Waals surface area (Å²) in [5.41, 5.74) is 3.75. The fourth-order valence-corrected chi connectivity index (χ4v) is 10.7. The van der Waals surface area contributed by atoms with Crippen molar-refractivity contribution in [3.05, 3.63) is 35.5 Å². The van der Waals surface area contributed by atoms with E-state index in [2.05, 4.69) is 107 Å². The van der Waals surface area contributed by atoms with E-state index >= 15 is 0 Å². The molecule has 4 rings (SSSR count). The van der Waals surface area contributed by atoms with E-state index < -0.39 is 5.79 Å². The minimum atomic E-state index is -0.670. The summed E-state index contributed by atoms with van der Waals surface area (Å²) in [4.78, 5) is 0. The van der Waals surface area contributed by atoms with Crippen LogP contribution in [0.2, 0.25) is 0 Å². The third-order valence-electron chi connectivity index (χ3n) is 15.7. The van der Waals surface area contributed by atoms with Gasteiger partial charge in [-0.05, 0) is 90.8 Å². The van der Waals surface area contributed by atoms with Crippen LogP contribution in [-0.4, -0.2) is 33.2 Å². The van der Waals surface area contributed by atoms with E-state index in [1.165, 1.54) is 32.1 Å². The van der Waals surface area contributed by atoms with Crippen molar-refractivity contribution in [1.29, 1.82) is 0 Å². The Morgan fingerprint density at radius 1 is 0.810 bits per heavy atom. The van der Waals surface area contributed by atoms with Gasteiger partial charge in [-0.1, -0.05) is 112 Å². The normalized spacial score (nSPS) is 34.7. The Bertz CT molecular complexity index is 1100. The van der Waals surface area contributed by atoms with Gasteiger partial charge in [0.15, 0.2) is 5.79 Å². The van der Waals surface area contributed by atoms with Crippen LogP contribution in [0.4, 0.5) is 0 Å². The van der Waals surface area contributed by atoms with E-state index in [4.69, 9.17) is 14.2 Å². The van der Waals surface area contributed by atoms with Crippen LogP contribution in [0, 0.1) is 56.2 Å². The van der Waals surface area contributed by atoms with Crippen molar-refractivity contribution >= 4 is 0 Å². The molecule has 7 atom stereocenters. The molecule has 0 bridgehead atoms. The first-order valence-corrected chi connectivity index (χ1v) is 16.9. The highest BCUT2D eigenvalue weighted by molar-refractivity contribution is 5.43. The van der Waals surface area contributed by atoms with Crippen LogP contribution in [0.25, 0.3) is 0 Å². The molecule has 0 amide bonds. The minimum Gasteiger partial charge on any atom is -0.377 e. The number of fused-ring (bicyclic) bond motifs is 5. The Hall–Kier alpha value is -0.900. The summed E-state index contributed by atoms with van der Waals surface area (Å²) < 4.78 is 17.8. The fourth-order valence-electron chi connectivity index (χ4n) is 10.7. The van der Waals surface area contributed by atoms with E-state index in [1.54, 1.807) is 25.4 Å². The van der Waals surface area contributed by atoms with Crippen LogP contribution < -0.4 is 0 Å². The van der Waals surface area contributed by atoms with Crippen molar-refractivity contribution in [3.8, 4) is 0 Å². The summed E-state index contributed by atoms with van der Waals surface area (Å²) in [6.07, 6.45) is 17.7. The zero-order valence-electron chi connectivity index (χ0n) is 30.2. The molecule has 3 heteroatoms. The number of hydrogen-bond donors (Lipinski definition) is 0. The number of hydrogen-bond acceptors (Lipinski definition) is 3. The van der Waals surface area contributed by atoms with Crippen molar-refractivity contribution in [2.45, 2.75) is 134 Å². The van der Waals surface area contributed by atoms with Gasteiger partial charge in [-0.15, -0.1) is 0 Å². The number of methoxy groups -OCH3 is 3. The van der Waals surface area contributed by atoms with Crippen molar-refractivity contribution in [3.63, 3.8) is 0 Å². The first-order valence-electron chi connectivity index (χ1n) is 16.9. The van der Waals surface area contributed by atoms with Gasteiger partial charge in [-0.25, -0.2) is 0 Å². The van der Waals surface area contributed by atoms with Crippen LogP contribution in [0.3, 0.4) is 0 Å². The molecule has 3 nitrogen and oxygen atoms in total. The van der Waals surface area contributed by atoms with Crippen molar-refractivity contribution < 1.29 is 14.2 Å². The number of allylic oxidation sites excluding steroid dienone is 4. The Balaban J connectivity index is 1.57. The molecule has 4 aliphatic rings. The maximum atomic E-state index is 6.03. The monoisotopic (exact) mass is 583 g/mol. The molecular formula is C39H66O3. The lowest BCUT2D eigenvalue weighted by Gasteiger charge is -2.63. The molecule has 2 saturated carbocycles. The van der Waals surface area contributed by atoms with Gasteiger partial charge in [0.05, 0.1) is 6.10 Å². The summed E-state index contributed by atoms with van der Waals surface area (Å²) in [6, 6.07) is 0. The highest BCUT2D eigenvalue weighted by Crippen LogP contribution is 2.68. The maximum Gasteiger partial charge on any atom is 0.170 e. The Labute approximate surface area is 260 Å². The van der Waals surface area contributed by atoms with Crippen LogP contribution in [0.5, 0.6) is 0 Å². The second kappa shape index (κ2) is 10.9. The van der Waals surface area contributed by atoms with Crippen LogP contribution >= 0.6 is 0 Å². The van der Waals surface area contributed by atoms with Gasteiger partial charge < -0.3 is 14.2 Å². The Morgan fingerprint density at radius 2 is 1.43 bits per heavy atom. The third kappa shape index (κ3) is 4.68. The van der Waals surface area contributed by atoms with Gasteiger partial charge in [0.2, 0.25) is 0 Å². The molecule has 0 spiro atoms. The molecule has 0 aromatic carbocycles. The number of rotatable bonds is 10. The Kier molecular flexibility index (Phi) is 8.79.